The summed E-state index contributed by atoms with van der Waals surface area (Å²) in [5.74, 6) is 0.541. The number of aromatic nitrogens is 3. The molecule has 3 rings (SSSR count). The van der Waals surface area contributed by atoms with E-state index in [-0.39, 0.29) is 23.8 Å². The predicted molar refractivity (Wildman–Crippen MR) is 110 cm³/mol. The summed E-state index contributed by atoms with van der Waals surface area (Å²) in [5.41, 5.74) is 2.80. The molecule has 1 aromatic carbocycles. The summed E-state index contributed by atoms with van der Waals surface area (Å²) < 4.78 is 5.28. The molecule has 0 saturated heterocycles. The molecule has 9 heteroatoms. The number of carbonyl (C=O) groups excluding carboxylic acids is 1. The van der Waals surface area contributed by atoms with Gasteiger partial charge in [0.15, 0.2) is 5.65 Å². The molecule has 0 radical (unpaired) electrons. The van der Waals surface area contributed by atoms with Crippen molar-refractivity contribution in [3.63, 3.8) is 0 Å². The molecule has 1 amide bonds. The first-order valence-electron chi connectivity index (χ1n) is 8.83. The maximum atomic E-state index is 12.8. The first-order valence-corrected chi connectivity index (χ1v) is 9.21. The Balaban J connectivity index is 1.91. The predicted octanol–water partition coefficient (Wildman–Crippen LogP) is 2.89. The van der Waals surface area contributed by atoms with Crippen molar-refractivity contribution in [1.29, 1.82) is 0 Å². The van der Waals surface area contributed by atoms with E-state index in [0.29, 0.717) is 39.7 Å². The van der Waals surface area contributed by atoms with Crippen LogP contribution in [0.1, 0.15) is 34.2 Å². The lowest BCUT2D eigenvalue weighted by molar-refractivity contribution is 0.0950. The van der Waals surface area contributed by atoms with Crippen molar-refractivity contribution in [2.24, 2.45) is 0 Å². The molecule has 28 heavy (non-hydrogen) atoms. The van der Waals surface area contributed by atoms with E-state index >= 15 is 0 Å². The summed E-state index contributed by atoms with van der Waals surface area (Å²) in [6.45, 7) is 6.26. The number of hydrogen-bond acceptors (Lipinski definition) is 5. The molecule has 0 spiro atoms. The van der Waals surface area contributed by atoms with E-state index in [9.17, 15) is 9.59 Å². The quantitative estimate of drug-likeness (QED) is 0.505. The minimum atomic E-state index is -0.332. The maximum Gasteiger partial charge on any atom is 0.251 e. The first kappa shape index (κ1) is 19.8. The molecule has 0 fully saturated rings. The summed E-state index contributed by atoms with van der Waals surface area (Å²) in [6, 6.07) is 3.38. The molecule has 8 nitrogen and oxygen atoms in total. The van der Waals surface area contributed by atoms with E-state index in [2.05, 4.69) is 25.6 Å². The van der Waals surface area contributed by atoms with Crippen LogP contribution in [0.5, 0.6) is 5.88 Å². The first-order chi connectivity index (χ1) is 13.3. The monoisotopic (exact) mass is 403 g/mol. The summed E-state index contributed by atoms with van der Waals surface area (Å²) in [5, 5.41) is 6.42. The lowest BCUT2D eigenvalue weighted by Gasteiger charge is -2.14. The zero-order valence-corrected chi connectivity index (χ0v) is 16.9. The van der Waals surface area contributed by atoms with E-state index in [1.807, 2.05) is 13.8 Å². The number of benzene rings is 1. The van der Waals surface area contributed by atoms with Crippen LogP contribution in [-0.4, -0.2) is 34.5 Å². The number of aromatic amines is 2. The Bertz CT molecular complexity index is 1100. The smallest absolute Gasteiger partial charge is 0.251 e. The van der Waals surface area contributed by atoms with E-state index in [0.717, 1.165) is 11.3 Å². The molecule has 0 aliphatic heterocycles. The molecule has 0 atom stereocenters. The second-order valence-electron chi connectivity index (χ2n) is 6.35. The highest BCUT2D eigenvalue weighted by atomic mass is 35.5. The van der Waals surface area contributed by atoms with E-state index in [1.54, 1.807) is 19.1 Å². The number of imidazole rings is 1. The van der Waals surface area contributed by atoms with Crippen molar-refractivity contribution in [2.75, 3.05) is 19.0 Å². The van der Waals surface area contributed by atoms with Gasteiger partial charge in [-0.3, -0.25) is 9.59 Å². The third kappa shape index (κ3) is 3.68. The maximum absolute atomic E-state index is 12.8. The number of anilines is 1. The van der Waals surface area contributed by atoms with Crippen molar-refractivity contribution in [1.82, 2.24) is 20.3 Å². The topological polar surface area (TPSA) is 112 Å². The number of fused-ring (bicyclic) bond motifs is 1. The fourth-order valence-electron chi connectivity index (χ4n) is 3.07. The average Bonchev–Trinajstić information content (AvgIpc) is 3.04. The Kier molecular flexibility index (Phi) is 5.60. The Morgan fingerprint density at radius 1 is 1.29 bits per heavy atom. The summed E-state index contributed by atoms with van der Waals surface area (Å²) >= 11 is 6.15. The normalized spacial score (nSPS) is 10.9. The van der Waals surface area contributed by atoms with Gasteiger partial charge in [-0.15, -0.1) is 0 Å². The zero-order valence-electron chi connectivity index (χ0n) is 16.1. The van der Waals surface area contributed by atoms with Gasteiger partial charge in [0.25, 0.3) is 5.91 Å². The Hall–Kier alpha value is -3.00. The van der Waals surface area contributed by atoms with Crippen LogP contribution < -0.4 is 20.8 Å². The molecular formula is C19H22ClN5O3. The van der Waals surface area contributed by atoms with Gasteiger partial charge < -0.3 is 25.3 Å². The molecular weight excluding hydrogens is 382 g/mol. The standard InChI is InChI=1S/C19H22ClN5O3/c1-5-21-14-7-11(20)6-12(9(14)2)18(27)22-8-13-16(26)15-17(24-10(3)23-15)25-19(13)28-4/h6-7,21H,5,8H2,1-4H3,(H,22,27)(H2,23,24,25,26). The van der Waals surface area contributed by atoms with Gasteiger partial charge in [-0.1, -0.05) is 11.6 Å². The van der Waals surface area contributed by atoms with Gasteiger partial charge in [0.1, 0.15) is 11.3 Å². The Morgan fingerprint density at radius 2 is 2.04 bits per heavy atom. The van der Waals surface area contributed by atoms with Crippen molar-refractivity contribution >= 4 is 34.4 Å². The van der Waals surface area contributed by atoms with Gasteiger partial charge in [0.05, 0.1) is 19.2 Å². The van der Waals surface area contributed by atoms with Crippen LogP contribution in [0.15, 0.2) is 16.9 Å². The van der Waals surface area contributed by atoms with Crippen LogP contribution in [0.3, 0.4) is 0 Å². The molecule has 3 aromatic rings. The highest BCUT2D eigenvalue weighted by molar-refractivity contribution is 6.31. The lowest BCUT2D eigenvalue weighted by atomic mass is 10.1. The van der Waals surface area contributed by atoms with Gasteiger partial charge in [0, 0.05) is 22.8 Å². The van der Waals surface area contributed by atoms with Crippen LogP contribution in [0.4, 0.5) is 5.69 Å². The number of amides is 1. The number of pyridine rings is 1. The number of aryl methyl sites for hydroxylation is 1. The van der Waals surface area contributed by atoms with Crippen molar-refractivity contribution in [2.45, 2.75) is 27.3 Å². The summed E-state index contributed by atoms with van der Waals surface area (Å²) in [7, 11) is 1.45. The third-order valence-corrected chi connectivity index (χ3v) is 4.66. The number of hydrogen-bond donors (Lipinski definition) is 4. The van der Waals surface area contributed by atoms with Gasteiger partial charge >= 0.3 is 0 Å². The molecule has 0 aliphatic rings. The number of nitrogens with one attached hydrogen (secondary N) is 4. The number of carbonyl (C=O) groups is 1. The number of ether oxygens (including phenoxy) is 1. The molecule has 0 aliphatic carbocycles. The minimum absolute atomic E-state index is 0.00611. The fraction of sp³-hybridized carbons (Fsp3) is 0.316. The molecule has 4 N–H and O–H groups in total. The van der Waals surface area contributed by atoms with Crippen LogP contribution >= 0.6 is 11.6 Å². The Morgan fingerprint density at radius 3 is 2.71 bits per heavy atom. The van der Waals surface area contributed by atoms with Gasteiger partial charge in [-0.2, -0.15) is 0 Å². The van der Waals surface area contributed by atoms with Crippen LogP contribution in [0.2, 0.25) is 5.02 Å². The van der Waals surface area contributed by atoms with Gasteiger partial charge in [0.2, 0.25) is 11.3 Å². The van der Waals surface area contributed by atoms with E-state index < -0.39 is 0 Å². The lowest BCUT2D eigenvalue weighted by Crippen LogP contribution is -2.27. The SMILES string of the molecule is CCNc1cc(Cl)cc(C(=O)NCc2c(OC)[nH]c3nc(C)[nH]c3c2=O)c1C. The van der Waals surface area contributed by atoms with Crippen LogP contribution in [-0.2, 0) is 6.54 Å². The molecule has 0 unspecified atom stereocenters. The molecule has 148 valence electrons. The van der Waals surface area contributed by atoms with Gasteiger partial charge in [-0.25, -0.2) is 4.98 Å². The Labute approximate surface area is 166 Å². The highest BCUT2D eigenvalue weighted by Gasteiger charge is 2.18. The highest BCUT2D eigenvalue weighted by Crippen LogP contribution is 2.25. The minimum Gasteiger partial charge on any atom is -0.482 e. The number of halogens is 1. The largest absolute Gasteiger partial charge is 0.482 e. The third-order valence-electron chi connectivity index (χ3n) is 4.44. The van der Waals surface area contributed by atoms with Crippen LogP contribution in [0, 0.1) is 13.8 Å². The van der Waals surface area contributed by atoms with Crippen molar-refractivity contribution in [3.05, 3.63) is 49.9 Å². The van der Waals surface area contributed by atoms with E-state index in [4.69, 9.17) is 16.3 Å². The second-order valence-corrected chi connectivity index (χ2v) is 6.79. The number of methoxy groups -OCH3 is 1. The summed E-state index contributed by atoms with van der Waals surface area (Å²) in [4.78, 5) is 35.6. The van der Waals surface area contributed by atoms with E-state index in [1.165, 1.54) is 7.11 Å². The van der Waals surface area contributed by atoms with Crippen molar-refractivity contribution in [3.8, 4) is 5.88 Å². The molecule has 2 heterocycles. The molecule has 0 saturated carbocycles. The molecule has 2 aromatic heterocycles. The zero-order chi connectivity index (χ0) is 20.4. The number of rotatable bonds is 6. The fourth-order valence-corrected chi connectivity index (χ4v) is 3.29. The number of H-pyrrole nitrogens is 2. The van der Waals surface area contributed by atoms with Crippen molar-refractivity contribution < 1.29 is 9.53 Å². The number of nitrogens with zero attached hydrogens (tertiary/aromatic N) is 1. The molecule has 0 bridgehead atoms. The summed E-state index contributed by atoms with van der Waals surface area (Å²) in [6.07, 6.45) is 0. The average molecular weight is 404 g/mol. The second kappa shape index (κ2) is 7.93. The van der Waals surface area contributed by atoms with Gasteiger partial charge in [-0.05, 0) is 38.5 Å². The van der Waals surface area contributed by atoms with Crippen LogP contribution in [0.25, 0.3) is 11.2 Å².